The minimum absolute atomic E-state index is 0.218. The van der Waals surface area contributed by atoms with Crippen molar-refractivity contribution in [2.45, 2.75) is 25.8 Å². The molecule has 1 aromatic carbocycles. The molecule has 22 heavy (non-hydrogen) atoms. The van der Waals surface area contributed by atoms with Crippen molar-refractivity contribution in [1.29, 1.82) is 0 Å². The van der Waals surface area contributed by atoms with E-state index in [1.807, 2.05) is 30.0 Å². The highest BCUT2D eigenvalue weighted by atomic mass is 16.5. The van der Waals surface area contributed by atoms with Crippen LogP contribution in [-0.4, -0.2) is 69.0 Å². The number of ether oxygens (including phenoxy) is 1. The third-order valence-electron chi connectivity index (χ3n) is 4.07. The van der Waals surface area contributed by atoms with Gasteiger partial charge in [0.25, 0.3) is 0 Å². The van der Waals surface area contributed by atoms with Gasteiger partial charge in [-0.3, -0.25) is 4.90 Å². The quantitative estimate of drug-likeness (QED) is 0.851. The Kier molecular flexibility index (Phi) is 2.22. The summed E-state index contributed by atoms with van der Waals surface area (Å²) in [4.78, 5) is 2.30. The summed E-state index contributed by atoms with van der Waals surface area (Å²) < 4.78 is 95.0. The van der Waals surface area contributed by atoms with Crippen molar-refractivity contribution in [2.24, 2.45) is 0 Å². The number of hydrogen-bond donors (Lipinski definition) is 0. The Bertz CT molecular complexity index is 854. The molecule has 2 saturated heterocycles. The third kappa shape index (κ3) is 3.39. The summed E-state index contributed by atoms with van der Waals surface area (Å²) in [6.45, 7) is -13.6. The van der Waals surface area contributed by atoms with Gasteiger partial charge in [0, 0.05) is 60.2 Å². The highest BCUT2D eigenvalue weighted by Crippen LogP contribution is 2.32. The molecule has 4 nitrogen and oxygen atoms in total. The maximum absolute atomic E-state index is 8.45. The van der Waals surface area contributed by atoms with E-state index in [1.54, 1.807) is 7.11 Å². The second-order valence-corrected chi connectivity index (χ2v) is 5.55. The maximum atomic E-state index is 8.45. The van der Waals surface area contributed by atoms with Crippen LogP contribution in [0.2, 0.25) is 0 Å². The van der Waals surface area contributed by atoms with Gasteiger partial charge in [-0.2, -0.15) is 0 Å². The van der Waals surface area contributed by atoms with E-state index in [9.17, 15) is 0 Å². The summed E-state index contributed by atoms with van der Waals surface area (Å²) in [5.74, 6) is 0.665. The summed E-state index contributed by atoms with van der Waals surface area (Å²) in [5, 5.41) is 0. The number of rotatable bonds is 3. The Morgan fingerprint density at radius 1 is 1.18 bits per heavy atom. The second-order valence-electron chi connectivity index (χ2n) is 5.55. The van der Waals surface area contributed by atoms with Gasteiger partial charge in [-0.25, -0.2) is 0 Å². The highest BCUT2D eigenvalue weighted by molar-refractivity contribution is 5.60. The molecule has 1 aromatic rings. The Hall–Kier alpha value is -1.26. The van der Waals surface area contributed by atoms with Gasteiger partial charge in [0.1, 0.15) is 5.75 Å². The van der Waals surface area contributed by atoms with Crippen LogP contribution >= 0.6 is 0 Å². The van der Waals surface area contributed by atoms with Crippen LogP contribution in [0.25, 0.3) is 0 Å². The fourth-order valence-corrected chi connectivity index (χ4v) is 2.86. The number of aryl methyl sites for hydroxylation is 1. The largest absolute Gasteiger partial charge is 0.495 e. The van der Waals surface area contributed by atoms with Crippen molar-refractivity contribution in [2.75, 3.05) is 58.1 Å². The number of piperazine rings is 1. The van der Waals surface area contributed by atoms with Crippen LogP contribution in [0.3, 0.4) is 0 Å². The van der Waals surface area contributed by atoms with Gasteiger partial charge in [-0.1, -0.05) is 6.07 Å². The predicted molar refractivity (Wildman–Crippen MR) is 92.0 cm³/mol. The summed E-state index contributed by atoms with van der Waals surface area (Å²) in [6.07, 6.45) is 0.436. The molecule has 122 valence electrons. The number of benzene rings is 1. The van der Waals surface area contributed by atoms with Gasteiger partial charge in [-0.15, -0.1) is 0 Å². The van der Waals surface area contributed by atoms with E-state index in [1.165, 1.54) is 0 Å². The van der Waals surface area contributed by atoms with Crippen molar-refractivity contribution in [3.63, 3.8) is 0 Å². The lowest BCUT2D eigenvalue weighted by molar-refractivity contribution is 0.0981. The molecular formula is C18H29N3O. The zero-order valence-electron chi connectivity index (χ0n) is 23.9. The van der Waals surface area contributed by atoms with E-state index in [4.69, 9.17) is 19.8 Å². The van der Waals surface area contributed by atoms with Crippen molar-refractivity contribution < 1.29 is 19.8 Å². The van der Waals surface area contributed by atoms with Crippen LogP contribution in [0.5, 0.6) is 5.75 Å². The first-order chi connectivity index (χ1) is 14.9. The van der Waals surface area contributed by atoms with Gasteiger partial charge in [0.2, 0.25) is 0 Å². The fourth-order valence-electron chi connectivity index (χ4n) is 2.86. The molecule has 0 amide bonds. The first kappa shape index (κ1) is 7.10. The molecule has 0 spiro atoms. The molecule has 0 unspecified atom stereocenters. The molecular weight excluding hydrogens is 274 g/mol. The first-order valence-electron chi connectivity index (χ1n) is 12.9. The van der Waals surface area contributed by atoms with Crippen LogP contribution in [0.4, 0.5) is 5.69 Å². The zero-order chi connectivity index (χ0) is 25.2. The SMILES string of the molecule is [2H]C([2H])([2H])N1C([2H])([2H])C([2H])([2H])N(C2CCN(c3ccc(C)cc3OC)CC2)C([2H])([2H])C1([2H])[2H]. The van der Waals surface area contributed by atoms with Crippen molar-refractivity contribution in [3.05, 3.63) is 23.8 Å². The van der Waals surface area contributed by atoms with Crippen LogP contribution in [0.1, 0.15) is 33.5 Å². The Morgan fingerprint density at radius 3 is 2.55 bits per heavy atom. The number of anilines is 1. The zero-order valence-corrected chi connectivity index (χ0v) is 12.9. The van der Waals surface area contributed by atoms with E-state index in [0.717, 1.165) is 11.3 Å². The maximum Gasteiger partial charge on any atom is 0.142 e. The van der Waals surface area contributed by atoms with Gasteiger partial charge in [-0.05, 0) is 44.4 Å². The molecule has 0 bridgehead atoms. The van der Waals surface area contributed by atoms with Crippen LogP contribution in [-0.2, 0) is 0 Å². The lowest BCUT2D eigenvalue weighted by atomic mass is 10.0. The Labute approximate surface area is 150 Å². The Morgan fingerprint density at radius 2 is 1.91 bits per heavy atom. The average Bonchev–Trinajstić information content (AvgIpc) is 2.65. The summed E-state index contributed by atoms with van der Waals surface area (Å²) in [5.41, 5.74) is 1.84. The van der Waals surface area contributed by atoms with Crippen LogP contribution in [0.15, 0.2) is 18.2 Å². The molecule has 2 aliphatic heterocycles. The lowest BCUT2D eigenvalue weighted by Crippen LogP contribution is -2.52. The predicted octanol–water partition coefficient (Wildman–Crippen LogP) is 2.22. The molecule has 2 aliphatic rings. The van der Waals surface area contributed by atoms with Crippen molar-refractivity contribution in [3.8, 4) is 5.75 Å². The highest BCUT2D eigenvalue weighted by Gasteiger charge is 2.27. The molecule has 0 radical (unpaired) electrons. The van der Waals surface area contributed by atoms with Crippen LogP contribution in [0, 0.1) is 6.92 Å². The molecule has 2 heterocycles. The second kappa shape index (κ2) is 6.88. The molecule has 2 fully saturated rings. The molecule has 0 aromatic heterocycles. The van der Waals surface area contributed by atoms with Crippen molar-refractivity contribution >= 4 is 5.69 Å². The van der Waals surface area contributed by atoms with Gasteiger partial charge in [0.15, 0.2) is 0 Å². The van der Waals surface area contributed by atoms with E-state index in [-0.39, 0.29) is 17.7 Å². The number of likely N-dealkylation sites (N-methyl/N-ethyl adjacent to an activating group) is 1. The Balaban J connectivity index is 1.94. The minimum atomic E-state index is -3.40. The van der Waals surface area contributed by atoms with Gasteiger partial charge in [0.05, 0.1) is 12.8 Å². The molecule has 4 heteroatoms. The van der Waals surface area contributed by atoms with E-state index in [0.29, 0.717) is 23.7 Å². The summed E-state index contributed by atoms with van der Waals surface area (Å²) >= 11 is 0. The molecule has 0 N–H and O–H groups in total. The summed E-state index contributed by atoms with van der Waals surface area (Å²) in [7, 11) is 1.56. The number of hydrogen-bond acceptors (Lipinski definition) is 4. The number of methoxy groups -OCH3 is 1. The topological polar surface area (TPSA) is 19.0 Å². The lowest BCUT2D eigenvalue weighted by Gasteiger charge is -2.42. The van der Waals surface area contributed by atoms with Gasteiger partial charge < -0.3 is 14.5 Å². The molecule has 0 atom stereocenters. The third-order valence-corrected chi connectivity index (χ3v) is 4.07. The minimum Gasteiger partial charge on any atom is -0.495 e. The number of nitrogens with zero attached hydrogens (tertiary/aromatic N) is 3. The van der Waals surface area contributed by atoms with Gasteiger partial charge >= 0.3 is 0 Å². The standard InChI is InChI=1S/C18H29N3O/c1-15-4-5-17(18(14-15)22-3)21-8-6-16(7-9-21)20-12-10-19(2)11-13-20/h4-5,14,16H,6-13H2,1-3H3/i2D3,10D2,11D2,12D2,13D2. The smallest absolute Gasteiger partial charge is 0.142 e. The molecule has 3 rings (SSSR count). The fraction of sp³-hybridized carbons (Fsp3) is 0.667. The van der Waals surface area contributed by atoms with Crippen LogP contribution < -0.4 is 9.64 Å². The van der Waals surface area contributed by atoms with Crippen molar-refractivity contribution in [1.82, 2.24) is 9.80 Å². The van der Waals surface area contributed by atoms with E-state index < -0.39 is 39.0 Å². The van der Waals surface area contributed by atoms with E-state index >= 15 is 0 Å². The molecule has 0 aliphatic carbocycles. The molecule has 0 saturated carbocycles. The average molecular weight is 315 g/mol. The summed E-state index contributed by atoms with van der Waals surface area (Å²) in [6, 6.07) is 4.86. The van der Waals surface area contributed by atoms with E-state index in [2.05, 4.69) is 0 Å². The first-order valence-corrected chi connectivity index (χ1v) is 7.40. The monoisotopic (exact) mass is 314 g/mol. The normalized spacial score (nSPS) is 39.2. The number of piperidine rings is 1.